The molecule has 0 bridgehead atoms. The van der Waals surface area contributed by atoms with E-state index in [1.165, 1.54) is 11.3 Å². The maximum absolute atomic E-state index is 12.5. The molecule has 1 aliphatic carbocycles. The Bertz CT molecular complexity index is 779. The zero-order valence-electron chi connectivity index (χ0n) is 13.4. The Morgan fingerprint density at radius 3 is 3.04 bits per heavy atom. The third kappa shape index (κ3) is 3.55. The number of nitrogens with zero attached hydrogens (tertiary/aromatic N) is 2. The zero-order valence-corrected chi connectivity index (χ0v) is 15.8. The maximum atomic E-state index is 12.5. The van der Waals surface area contributed by atoms with Gasteiger partial charge in [0.2, 0.25) is 0 Å². The minimum absolute atomic E-state index is 0.164. The fourth-order valence-corrected chi connectivity index (χ4v) is 5.24. The number of hydrogen-bond donors (Lipinski definition) is 1. The lowest BCUT2D eigenvalue weighted by molar-refractivity contribution is 0.0958. The second-order valence-corrected chi connectivity index (χ2v) is 8.14. The van der Waals surface area contributed by atoms with Gasteiger partial charge in [-0.2, -0.15) is 5.10 Å². The molecule has 2 heterocycles. The van der Waals surface area contributed by atoms with E-state index in [1.54, 1.807) is 36.4 Å². The van der Waals surface area contributed by atoms with Gasteiger partial charge in [-0.05, 0) is 42.5 Å². The summed E-state index contributed by atoms with van der Waals surface area (Å²) >= 11 is 4.72. The van der Waals surface area contributed by atoms with E-state index in [0.717, 1.165) is 50.1 Å². The fraction of sp³-hybridized carbons (Fsp3) is 0.312. The van der Waals surface area contributed by atoms with E-state index in [0.29, 0.717) is 0 Å². The van der Waals surface area contributed by atoms with E-state index < -0.39 is 0 Å². The molecule has 0 saturated carbocycles. The standard InChI is InChI=1S/C16H17N3O2S3/c1-21-19-12-7-3-6-11-13(12)16(22-2)24-14(11)15(20)18-17-9-10-5-4-8-23-10/h4-5,8-9H,3,6-7H2,1-2H3,(H,18,20)/b17-9+,19-12+. The van der Waals surface area contributed by atoms with E-state index in [2.05, 4.69) is 15.7 Å². The van der Waals surface area contributed by atoms with Crippen molar-refractivity contribution in [2.24, 2.45) is 10.3 Å². The van der Waals surface area contributed by atoms with Crippen LogP contribution >= 0.6 is 34.4 Å². The highest BCUT2D eigenvalue weighted by Gasteiger charge is 2.28. The smallest absolute Gasteiger partial charge is 0.281 e. The van der Waals surface area contributed by atoms with E-state index in [4.69, 9.17) is 4.84 Å². The lowest BCUT2D eigenvalue weighted by Crippen LogP contribution is -2.20. The quantitative estimate of drug-likeness (QED) is 0.485. The van der Waals surface area contributed by atoms with E-state index in [1.807, 2.05) is 23.8 Å². The first-order valence-corrected chi connectivity index (χ1v) is 10.3. The van der Waals surface area contributed by atoms with Crippen molar-refractivity contribution in [1.29, 1.82) is 0 Å². The normalized spacial score (nSPS) is 15.7. The Kier molecular flexibility index (Phi) is 5.70. The molecule has 1 aliphatic rings. The molecule has 0 aromatic carbocycles. The van der Waals surface area contributed by atoms with Crippen LogP contribution in [0.15, 0.2) is 32.0 Å². The summed E-state index contributed by atoms with van der Waals surface area (Å²) in [5, 5.41) is 10.2. The first-order chi connectivity index (χ1) is 11.7. The van der Waals surface area contributed by atoms with Crippen molar-refractivity contribution >= 4 is 52.3 Å². The summed E-state index contributed by atoms with van der Waals surface area (Å²) in [5.74, 6) is -0.164. The van der Waals surface area contributed by atoms with Gasteiger partial charge in [0.25, 0.3) is 5.91 Å². The number of carbonyl (C=O) groups is 1. The molecular formula is C16H17N3O2S3. The van der Waals surface area contributed by atoms with Gasteiger partial charge in [-0.1, -0.05) is 11.2 Å². The van der Waals surface area contributed by atoms with E-state index in [9.17, 15) is 4.79 Å². The maximum Gasteiger partial charge on any atom is 0.281 e. The van der Waals surface area contributed by atoms with Crippen LogP contribution < -0.4 is 5.43 Å². The summed E-state index contributed by atoms with van der Waals surface area (Å²) in [5.41, 5.74) is 5.71. The predicted molar refractivity (Wildman–Crippen MR) is 102 cm³/mol. The van der Waals surface area contributed by atoms with Crippen LogP contribution in [0.3, 0.4) is 0 Å². The van der Waals surface area contributed by atoms with Crippen LogP contribution in [0, 0.1) is 0 Å². The second kappa shape index (κ2) is 7.96. The average molecular weight is 380 g/mol. The lowest BCUT2D eigenvalue weighted by atomic mass is 9.92. The van der Waals surface area contributed by atoms with Crippen LogP contribution in [-0.2, 0) is 11.3 Å². The molecule has 0 atom stereocenters. The van der Waals surface area contributed by atoms with Gasteiger partial charge in [0.05, 0.1) is 21.0 Å². The van der Waals surface area contributed by atoms with Gasteiger partial charge in [0.1, 0.15) is 7.11 Å². The molecule has 0 fully saturated rings. The molecule has 0 aliphatic heterocycles. The number of rotatable bonds is 5. The topological polar surface area (TPSA) is 63.0 Å². The molecule has 0 radical (unpaired) electrons. The predicted octanol–water partition coefficient (Wildman–Crippen LogP) is 3.98. The highest BCUT2D eigenvalue weighted by molar-refractivity contribution is 8.00. The number of fused-ring (bicyclic) bond motifs is 1. The first-order valence-electron chi connectivity index (χ1n) is 7.41. The summed E-state index contributed by atoms with van der Waals surface area (Å²) in [6, 6.07) is 3.90. The Balaban J connectivity index is 1.86. The van der Waals surface area contributed by atoms with Crippen LogP contribution in [-0.4, -0.2) is 31.2 Å². The van der Waals surface area contributed by atoms with Gasteiger partial charge in [0, 0.05) is 10.4 Å². The highest BCUT2D eigenvalue weighted by Crippen LogP contribution is 2.39. The zero-order chi connectivity index (χ0) is 16.9. The summed E-state index contributed by atoms with van der Waals surface area (Å²) < 4.78 is 1.10. The summed E-state index contributed by atoms with van der Waals surface area (Å²) in [6.07, 6.45) is 6.41. The van der Waals surface area contributed by atoms with Crippen molar-refractivity contribution in [2.75, 3.05) is 13.4 Å². The van der Waals surface area contributed by atoms with Gasteiger partial charge in [-0.3, -0.25) is 4.79 Å². The number of carbonyl (C=O) groups excluding carboxylic acids is 1. The summed E-state index contributed by atoms with van der Waals surface area (Å²) in [4.78, 5) is 19.2. The van der Waals surface area contributed by atoms with Crippen molar-refractivity contribution in [3.05, 3.63) is 38.4 Å². The minimum atomic E-state index is -0.164. The number of nitrogens with one attached hydrogen (secondary N) is 1. The fourth-order valence-electron chi connectivity index (χ4n) is 2.63. The SMILES string of the molecule is CO/N=C1\CCCc2c(C(=O)N/N=C/c3cccs3)sc(SC)c21. The molecule has 0 spiro atoms. The molecule has 24 heavy (non-hydrogen) atoms. The minimum Gasteiger partial charge on any atom is -0.399 e. The van der Waals surface area contributed by atoms with Gasteiger partial charge in [-0.25, -0.2) is 5.43 Å². The van der Waals surface area contributed by atoms with E-state index in [-0.39, 0.29) is 5.91 Å². The number of hydrazone groups is 1. The Morgan fingerprint density at radius 2 is 2.33 bits per heavy atom. The van der Waals surface area contributed by atoms with Gasteiger partial charge < -0.3 is 4.84 Å². The molecule has 2 aromatic rings. The molecular weight excluding hydrogens is 362 g/mol. The molecule has 5 nitrogen and oxygen atoms in total. The third-order valence-corrected chi connectivity index (χ3v) is 6.76. The number of thioether (sulfide) groups is 1. The van der Waals surface area contributed by atoms with E-state index >= 15 is 0 Å². The van der Waals surface area contributed by atoms with Crippen LogP contribution in [0.2, 0.25) is 0 Å². The van der Waals surface area contributed by atoms with Crippen molar-refractivity contribution < 1.29 is 9.63 Å². The lowest BCUT2D eigenvalue weighted by Gasteiger charge is -2.15. The largest absolute Gasteiger partial charge is 0.399 e. The first kappa shape index (κ1) is 17.2. The highest BCUT2D eigenvalue weighted by atomic mass is 32.2. The summed E-state index contributed by atoms with van der Waals surface area (Å²) in [7, 11) is 1.55. The molecule has 1 N–H and O–H groups in total. The Labute approximate surface area is 152 Å². The summed E-state index contributed by atoms with van der Waals surface area (Å²) in [6.45, 7) is 0. The Morgan fingerprint density at radius 1 is 1.46 bits per heavy atom. The molecule has 3 rings (SSSR count). The number of oxime groups is 1. The van der Waals surface area contributed by atoms with Gasteiger partial charge >= 0.3 is 0 Å². The monoisotopic (exact) mass is 379 g/mol. The van der Waals surface area contributed by atoms with Gasteiger partial charge in [0.15, 0.2) is 0 Å². The number of thiophene rings is 2. The molecule has 8 heteroatoms. The average Bonchev–Trinajstić information content (AvgIpc) is 3.23. The number of hydrogen-bond acceptors (Lipinski definition) is 7. The Hall–Kier alpha value is -1.64. The molecule has 0 saturated heterocycles. The molecule has 2 aromatic heterocycles. The second-order valence-electron chi connectivity index (χ2n) is 5.06. The third-order valence-electron chi connectivity index (χ3n) is 3.60. The van der Waals surface area contributed by atoms with Crippen LogP contribution in [0.4, 0.5) is 0 Å². The van der Waals surface area contributed by atoms with Crippen molar-refractivity contribution in [2.45, 2.75) is 23.5 Å². The van der Waals surface area contributed by atoms with Gasteiger partial charge in [-0.15, -0.1) is 34.4 Å². The molecule has 126 valence electrons. The van der Waals surface area contributed by atoms with Crippen LogP contribution in [0.5, 0.6) is 0 Å². The van der Waals surface area contributed by atoms with Crippen molar-refractivity contribution in [1.82, 2.24) is 5.43 Å². The van der Waals surface area contributed by atoms with Crippen LogP contribution in [0.1, 0.15) is 38.5 Å². The molecule has 0 unspecified atom stereocenters. The van der Waals surface area contributed by atoms with Crippen LogP contribution in [0.25, 0.3) is 0 Å². The van der Waals surface area contributed by atoms with Crippen molar-refractivity contribution in [3.63, 3.8) is 0 Å². The van der Waals surface area contributed by atoms with Crippen molar-refractivity contribution in [3.8, 4) is 0 Å². The molecule has 1 amide bonds. The number of amides is 1.